The van der Waals surface area contributed by atoms with Gasteiger partial charge in [-0.05, 0) is 32.8 Å². The minimum atomic E-state index is -0.587. The van der Waals surface area contributed by atoms with E-state index in [1.165, 1.54) is 13.0 Å². The summed E-state index contributed by atoms with van der Waals surface area (Å²) in [5.74, 6) is -0.347. The van der Waals surface area contributed by atoms with Gasteiger partial charge < -0.3 is 33.4 Å². The van der Waals surface area contributed by atoms with E-state index in [-0.39, 0.29) is 29.9 Å². The highest BCUT2D eigenvalue weighted by atomic mass is 16.3. The molecular weight excluding hydrogens is 308 g/mol. The lowest BCUT2D eigenvalue weighted by Crippen LogP contribution is -2.50. The normalized spacial score (nSPS) is 17.8. The second-order valence-corrected chi connectivity index (χ2v) is 6.02. The van der Waals surface area contributed by atoms with Gasteiger partial charge in [-0.25, -0.2) is 0 Å². The Hall–Kier alpha value is -2.06. The van der Waals surface area contributed by atoms with E-state index in [4.69, 9.17) is 22.9 Å². The Bertz CT molecular complexity index is 513. The number of aliphatic imine (C=N–C) groups is 1. The van der Waals surface area contributed by atoms with E-state index in [9.17, 15) is 9.90 Å². The molecule has 24 heavy (non-hydrogen) atoms. The van der Waals surface area contributed by atoms with Gasteiger partial charge in [-0.15, -0.1) is 0 Å². The second-order valence-electron chi connectivity index (χ2n) is 6.02. The number of nitrogens with one attached hydrogen (secondary N) is 1. The van der Waals surface area contributed by atoms with E-state index in [1.807, 2.05) is 13.8 Å². The van der Waals surface area contributed by atoms with Gasteiger partial charge in [-0.3, -0.25) is 4.79 Å². The molecule has 0 aromatic heterocycles. The predicted octanol–water partition coefficient (Wildman–Crippen LogP) is -0.361. The van der Waals surface area contributed by atoms with Crippen LogP contribution in [0.1, 0.15) is 40.5 Å². The molecule has 0 saturated carbocycles. The second kappa shape index (κ2) is 9.94. The summed E-state index contributed by atoms with van der Waals surface area (Å²) < 4.78 is 0. The zero-order chi connectivity index (χ0) is 18.9. The van der Waals surface area contributed by atoms with Crippen LogP contribution in [0.25, 0.3) is 0 Å². The highest BCUT2D eigenvalue weighted by molar-refractivity contribution is 6.04. The van der Waals surface area contributed by atoms with Crippen LogP contribution in [0.15, 0.2) is 28.2 Å². The molecule has 2 atom stereocenters. The highest BCUT2D eigenvalue weighted by Gasteiger charge is 2.33. The summed E-state index contributed by atoms with van der Waals surface area (Å²) in [6.07, 6.45) is 2.81. The lowest BCUT2D eigenvalue weighted by atomic mass is 9.77. The van der Waals surface area contributed by atoms with Gasteiger partial charge in [0, 0.05) is 23.7 Å². The SMILES string of the molecule is CCC(N)C(CC)(CO)CN/C(N)=C(/C=C(/C)N)C(=O)N=C(C)N. The third-order valence-corrected chi connectivity index (χ3v) is 4.05. The van der Waals surface area contributed by atoms with E-state index in [0.29, 0.717) is 25.1 Å². The van der Waals surface area contributed by atoms with E-state index < -0.39 is 11.3 Å². The highest BCUT2D eigenvalue weighted by Crippen LogP contribution is 2.26. The van der Waals surface area contributed by atoms with Crippen molar-refractivity contribution < 1.29 is 9.90 Å². The van der Waals surface area contributed by atoms with Gasteiger partial charge in [0.05, 0.1) is 12.2 Å². The summed E-state index contributed by atoms with van der Waals surface area (Å²) in [6.45, 7) is 7.28. The number of amidine groups is 1. The van der Waals surface area contributed by atoms with Crippen molar-refractivity contribution in [2.75, 3.05) is 13.2 Å². The first kappa shape index (κ1) is 21.9. The molecule has 0 aliphatic carbocycles. The number of nitrogens with two attached hydrogens (primary N) is 4. The molecule has 0 saturated heterocycles. The zero-order valence-corrected chi connectivity index (χ0v) is 15.1. The Morgan fingerprint density at radius 2 is 1.88 bits per heavy atom. The van der Waals surface area contributed by atoms with Crippen molar-refractivity contribution in [2.24, 2.45) is 33.3 Å². The summed E-state index contributed by atoms with van der Waals surface area (Å²) in [6, 6.07) is -0.206. The number of aliphatic hydroxyl groups is 1. The number of hydrogen-bond donors (Lipinski definition) is 6. The van der Waals surface area contributed by atoms with Gasteiger partial charge in [0.25, 0.3) is 5.91 Å². The van der Waals surface area contributed by atoms with Crippen LogP contribution in [0.2, 0.25) is 0 Å². The van der Waals surface area contributed by atoms with Crippen LogP contribution in [0.3, 0.4) is 0 Å². The number of rotatable bonds is 9. The molecule has 8 nitrogen and oxygen atoms in total. The topological polar surface area (TPSA) is 166 Å². The van der Waals surface area contributed by atoms with Gasteiger partial charge in [-0.2, -0.15) is 4.99 Å². The van der Waals surface area contributed by atoms with Crippen molar-refractivity contribution in [2.45, 2.75) is 46.6 Å². The monoisotopic (exact) mass is 340 g/mol. The van der Waals surface area contributed by atoms with Crippen LogP contribution in [0.4, 0.5) is 0 Å². The fraction of sp³-hybridized carbons (Fsp3) is 0.625. The average molecular weight is 340 g/mol. The molecule has 138 valence electrons. The van der Waals surface area contributed by atoms with E-state index in [1.54, 1.807) is 6.92 Å². The quantitative estimate of drug-likeness (QED) is 0.144. The number of nitrogens with zero attached hydrogens (tertiary/aromatic N) is 1. The number of amides is 1. The van der Waals surface area contributed by atoms with Gasteiger partial charge in [0.1, 0.15) is 11.7 Å². The molecule has 0 heterocycles. The molecule has 8 heteroatoms. The maximum Gasteiger partial charge on any atom is 0.282 e. The Morgan fingerprint density at radius 1 is 1.29 bits per heavy atom. The van der Waals surface area contributed by atoms with E-state index >= 15 is 0 Å². The van der Waals surface area contributed by atoms with Crippen molar-refractivity contribution in [1.29, 1.82) is 0 Å². The molecule has 0 aliphatic rings. The largest absolute Gasteiger partial charge is 0.402 e. The van der Waals surface area contributed by atoms with Crippen LogP contribution in [0, 0.1) is 5.41 Å². The van der Waals surface area contributed by atoms with Crippen LogP contribution >= 0.6 is 0 Å². The smallest absolute Gasteiger partial charge is 0.282 e. The van der Waals surface area contributed by atoms with Crippen LogP contribution in [-0.4, -0.2) is 36.0 Å². The Labute approximate surface area is 144 Å². The zero-order valence-electron chi connectivity index (χ0n) is 15.1. The molecule has 0 aromatic rings. The lowest BCUT2D eigenvalue weighted by molar-refractivity contribution is -0.114. The van der Waals surface area contributed by atoms with Gasteiger partial charge >= 0.3 is 0 Å². The molecule has 0 fully saturated rings. The summed E-state index contributed by atoms with van der Waals surface area (Å²) in [4.78, 5) is 15.9. The third-order valence-electron chi connectivity index (χ3n) is 4.05. The first-order valence-corrected chi connectivity index (χ1v) is 8.02. The van der Waals surface area contributed by atoms with Gasteiger partial charge in [0.15, 0.2) is 0 Å². The Balaban J connectivity index is 5.59. The summed E-state index contributed by atoms with van der Waals surface area (Å²) in [7, 11) is 0. The molecule has 2 unspecified atom stereocenters. The van der Waals surface area contributed by atoms with Crippen molar-refractivity contribution in [3.63, 3.8) is 0 Å². The van der Waals surface area contributed by atoms with Crippen molar-refractivity contribution >= 4 is 11.7 Å². The molecule has 0 radical (unpaired) electrons. The first-order chi connectivity index (χ1) is 11.1. The van der Waals surface area contributed by atoms with Gasteiger partial charge in [0.2, 0.25) is 0 Å². The van der Waals surface area contributed by atoms with Crippen molar-refractivity contribution in [3.05, 3.63) is 23.2 Å². The van der Waals surface area contributed by atoms with Crippen molar-refractivity contribution in [3.8, 4) is 0 Å². The average Bonchev–Trinajstić information content (AvgIpc) is 2.52. The molecule has 0 rings (SSSR count). The van der Waals surface area contributed by atoms with Crippen LogP contribution < -0.4 is 28.3 Å². The van der Waals surface area contributed by atoms with Gasteiger partial charge in [-0.1, -0.05) is 13.8 Å². The summed E-state index contributed by atoms with van der Waals surface area (Å²) >= 11 is 0. The van der Waals surface area contributed by atoms with Crippen LogP contribution in [0.5, 0.6) is 0 Å². The Morgan fingerprint density at radius 3 is 2.25 bits per heavy atom. The molecule has 0 bridgehead atoms. The molecule has 10 N–H and O–H groups in total. The lowest BCUT2D eigenvalue weighted by Gasteiger charge is -2.36. The maximum absolute atomic E-state index is 12.2. The summed E-state index contributed by atoms with van der Waals surface area (Å²) in [5, 5.41) is 12.8. The standard InChI is InChI=1S/C16H32N6O2/c1-5-13(19)16(6-2,9-23)8-21-14(20)12(7-10(3)17)15(24)22-11(4)18/h7,13,21,23H,5-6,8-9,17,19-20H2,1-4H3,(H2,18,22,24)/b10-7-,14-12-. The third kappa shape index (κ3) is 6.21. The maximum atomic E-state index is 12.2. The van der Waals surface area contributed by atoms with E-state index in [2.05, 4.69) is 10.3 Å². The van der Waals surface area contributed by atoms with E-state index in [0.717, 1.165) is 0 Å². The predicted molar refractivity (Wildman–Crippen MR) is 97.5 cm³/mol. The molecule has 1 amide bonds. The molecule has 0 spiro atoms. The number of aliphatic hydroxyl groups excluding tert-OH is 1. The number of carbonyl (C=O) groups is 1. The fourth-order valence-corrected chi connectivity index (χ4v) is 2.31. The van der Waals surface area contributed by atoms with Crippen LogP contribution in [-0.2, 0) is 4.79 Å². The first-order valence-electron chi connectivity index (χ1n) is 8.02. The fourth-order valence-electron chi connectivity index (χ4n) is 2.31. The minimum absolute atomic E-state index is 0.0894. The van der Waals surface area contributed by atoms with Crippen molar-refractivity contribution in [1.82, 2.24) is 5.32 Å². The number of allylic oxidation sites excluding steroid dienone is 1. The Kier molecular flexibility index (Phi) is 9.09. The number of carbonyl (C=O) groups excluding carboxylic acids is 1. The molecule has 0 aliphatic heterocycles. The summed E-state index contributed by atoms with van der Waals surface area (Å²) in [5.41, 5.74) is 23.3. The molecule has 0 aromatic carbocycles. The molecular formula is C16H32N6O2. The minimum Gasteiger partial charge on any atom is -0.402 e. The number of hydrogen-bond acceptors (Lipinski definition) is 6.